The lowest BCUT2D eigenvalue weighted by Gasteiger charge is -2.27. The summed E-state index contributed by atoms with van der Waals surface area (Å²) in [6, 6.07) is 13.0. The van der Waals surface area contributed by atoms with Gasteiger partial charge < -0.3 is 19.7 Å². The highest BCUT2D eigenvalue weighted by Gasteiger charge is 2.48. The smallest absolute Gasteiger partial charge is 0.300 e. The highest BCUT2D eigenvalue weighted by atomic mass is 35.5. The number of anilines is 1. The van der Waals surface area contributed by atoms with E-state index in [1.165, 1.54) is 30.2 Å². The molecule has 0 aromatic heterocycles. The summed E-state index contributed by atoms with van der Waals surface area (Å²) in [5.74, 6) is -1.87. The Morgan fingerprint density at radius 1 is 1.06 bits per heavy atom. The van der Waals surface area contributed by atoms with Gasteiger partial charge >= 0.3 is 0 Å². The fraction of sp³-hybridized carbons (Fsp3) is 0.185. The van der Waals surface area contributed by atoms with E-state index in [4.69, 9.17) is 32.7 Å². The molecule has 0 spiro atoms. The fourth-order valence-electron chi connectivity index (χ4n) is 4.24. The summed E-state index contributed by atoms with van der Waals surface area (Å²) in [6.45, 7) is 3.78. The van der Waals surface area contributed by atoms with Crippen molar-refractivity contribution in [1.82, 2.24) is 0 Å². The maximum absolute atomic E-state index is 13.4. The molecule has 1 fully saturated rings. The molecule has 3 aromatic rings. The van der Waals surface area contributed by atoms with Crippen LogP contribution in [-0.2, 0) is 9.59 Å². The van der Waals surface area contributed by atoms with E-state index < -0.39 is 23.5 Å². The van der Waals surface area contributed by atoms with Gasteiger partial charge in [-0.1, -0.05) is 35.3 Å². The SMILES string of the molecule is CCOc1cc(C2/C(=C(\O)c3cc(Cl)ccc3OC)C(=O)C(=O)N2c2cccc(Cl)c2C)ccc1O. The van der Waals surface area contributed by atoms with Crippen molar-refractivity contribution in [1.29, 1.82) is 0 Å². The van der Waals surface area contributed by atoms with Gasteiger partial charge in [0.25, 0.3) is 11.7 Å². The van der Waals surface area contributed by atoms with E-state index in [1.54, 1.807) is 50.2 Å². The largest absolute Gasteiger partial charge is 0.507 e. The maximum atomic E-state index is 13.4. The van der Waals surface area contributed by atoms with Crippen LogP contribution >= 0.6 is 23.2 Å². The molecule has 0 bridgehead atoms. The third kappa shape index (κ3) is 4.36. The number of aliphatic hydroxyl groups excluding tert-OH is 1. The van der Waals surface area contributed by atoms with E-state index in [2.05, 4.69) is 0 Å². The van der Waals surface area contributed by atoms with Crippen molar-refractivity contribution < 1.29 is 29.3 Å². The molecule has 0 saturated carbocycles. The van der Waals surface area contributed by atoms with Crippen LogP contribution in [-0.4, -0.2) is 35.6 Å². The van der Waals surface area contributed by atoms with Crippen molar-refractivity contribution in [3.05, 3.63) is 86.9 Å². The molecule has 1 amide bonds. The summed E-state index contributed by atoms with van der Waals surface area (Å²) >= 11 is 12.5. The Kier molecular flexibility index (Phi) is 7.15. The molecule has 36 heavy (non-hydrogen) atoms. The Hall–Kier alpha value is -3.68. The van der Waals surface area contributed by atoms with Gasteiger partial charge in [-0.3, -0.25) is 14.5 Å². The zero-order valence-electron chi connectivity index (χ0n) is 19.7. The average Bonchev–Trinajstić information content (AvgIpc) is 3.12. The molecule has 3 aromatic carbocycles. The Balaban J connectivity index is 2.04. The summed E-state index contributed by atoms with van der Waals surface area (Å²) < 4.78 is 10.9. The molecule has 1 heterocycles. The van der Waals surface area contributed by atoms with Gasteiger partial charge in [0.15, 0.2) is 11.5 Å². The molecule has 2 N–H and O–H groups in total. The number of carbonyl (C=O) groups excluding carboxylic acids is 2. The first-order chi connectivity index (χ1) is 17.2. The predicted molar refractivity (Wildman–Crippen MR) is 138 cm³/mol. The zero-order chi connectivity index (χ0) is 26.1. The Morgan fingerprint density at radius 2 is 1.81 bits per heavy atom. The van der Waals surface area contributed by atoms with Crippen molar-refractivity contribution in [3.8, 4) is 17.2 Å². The van der Waals surface area contributed by atoms with Crippen molar-refractivity contribution in [2.45, 2.75) is 19.9 Å². The number of phenolic OH excluding ortho intramolecular Hbond substituents is 1. The number of ether oxygens (including phenoxy) is 2. The Bertz CT molecular complexity index is 1400. The van der Waals surface area contributed by atoms with Crippen LogP contribution in [0.15, 0.2) is 60.2 Å². The van der Waals surface area contributed by atoms with Crippen LogP contribution in [0.25, 0.3) is 5.76 Å². The molecular formula is C27H23Cl2NO6. The minimum atomic E-state index is -1.06. The van der Waals surface area contributed by atoms with Gasteiger partial charge in [0.2, 0.25) is 0 Å². The van der Waals surface area contributed by atoms with Gasteiger partial charge in [-0.25, -0.2) is 0 Å². The van der Waals surface area contributed by atoms with Crippen molar-refractivity contribution in [2.24, 2.45) is 0 Å². The highest BCUT2D eigenvalue weighted by molar-refractivity contribution is 6.52. The van der Waals surface area contributed by atoms with Crippen LogP contribution in [0.4, 0.5) is 5.69 Å². The summed E-state index contributed by atoms with van der Waals surface area (Å²) in [5.41, 5.74) is 1.39. The second-order valence-electron chi connectivity index (χ2n) is 8.06. The normalized spacial score (nSPS) is 16.9. The monoisotopic (exact) mass is 527 g/mol. The lowest BCUT2D eigenvalue weighted by atomic mass is 9.94. The van der Waals surface area contributed by atoms with Gasteiger partial charge in [-0.05, 0) is 67.4 Å². The van der Waals surface area contributed by atoms with Crippen molar-refractivity contribution in [3.63, 3.8) is 0 Å². The number of amides is 1. The number of hydrogen-bond donors (Lipinski definition) is 2. The number of hydrogen-bond acceptors (Lipinski definition) is 6. The zero-order valence-corrected chi connectivity index (χ0v) is 21.2. The Labute approximate surface area is 218 Å². The molecular weight excluding hydrogens is 505 g/mol. The van der Waals surface area contributed by atoms with E-state index in [-0.39, 0.29) is 35.0 Å². The van der Waals surface area contributed by atoms with E-state index >= 15 is 0 Å². The minimum absolute atomic E-state index is 0.104. The van der Waals surface area contributed by atoms with Crippen molar-refractivity contribution in [2.75, 3.05) is 18.6 Å². The summed E-state index contributed by atoms with van der Waals surface area (Å²) in [7, 11) is 1.42. The van der Waals surface area contributed by atoms with Gasteiger partial charge in [0.1, 0.15) is 11.5 Å². The number of methoxy groups -OCH3 is 1. The number of carbonyl (C=O) groups is 2. The first kappa shape index (κ1) is 25.4. The third-order valence-electron chi connectivity index (χ3n) is 5.96. The van der Waals surface area contributed by atoms with Gasteiger partial charge in [-0.15, -0.1) is 0 Å². The number of ketones is 1. The molecule has 1 aliphatic rings. The quantitative estimate of drug-likeness (QED) is 0.230. The van der Waals surface area contributed by atoms with Crippen LogP contribution in [0.1, 0.15) is 29.7 Å². The lowest BCUT2D eigenvalue weighted by Crippen LogP contribution is -2.30. The molecule has 7 nitrogen and oxygen atoms in total. The van der Waals surface area contributed by atoms with Gasteiger partial charge in [-0.2, -0.15) is 0 Å². The number of nitrogens with zero attached hydrogens (tertiary/aromatic N) is 1. The highest BCUT2D eigenvalue weighted by Crippen LogP contribution is 2.46. The average molecular weight is 528 g/mol. The standard InChI is InChI=1S/C27H23Cl2NO6/c1-4-36-22-12-15(8-10-20(22)31)24-23(25(32)17-13-16(28)9-11-21(17)35-3)26(33)27(34)30(24)19-7-5-6-18(29)14(19)2/h5-13,24,31-32H,4H2,1-3H3/b25-23+. The lowest BCUT2D eigenvalue weighted by molar-refractivity contribution is -0.132. The summed E-state index contributed by atoms with van der Waals surface area (Å²) in [5, 5.41) is 22.4. The first-order valence-electron chi connectivity index (χ1n) is 11.0. The van der Waals surface area contributed by atoms with Crippen LogP contribution < -0.4 is 14.4 Å². The van der Waals surface area contributed by atoms with Gasteiger partial charge in [0.05, 0.1) is 30.9 Å². The molecule has 9 heteroatoms. The van der Waals surface area contributed by atoms with Crippen LogP contribution in [0.2, 0.25) is 10.0 Å². The first-order valence-corrected chi connectivity index (χ1v) is 11.8. The molecule has 1 atom stereocenters. The minimum Gasteiger partial charge on any atom is -0.507 e. The number of benzene rings is 3. The van der Waals surface area contributed by atoms with E-state index in [0.717, 1.165) is 0 Å². The number of aromatic hydroxyl groups is 1. The van der Waals surface area contributed by atoms with Crippen molar-refractivity contribution >= 4 is 46.3 Å². The maximum Gasteiger partial charge on any atom is 0.300 e. The topological polar surface area (TPSA) is 96.3 Å². The summed E-state index contributed by atoms with van der Waals surface area (Å²) in [4.78, 5) is 28.2. The van der Waals surface area contributed by atoms with Crippen LogP contribution in [0, 0.1) is 6.92 Å². The molecule has 0 radical (unpaired) electrons. The predicted octanol–water partition coefficient (Wildman–Crippen LogP) is 6.04. The number of halogens is 2. The van der Waals surface area contributed by atoms with E-state index in [1.807, 2.05) is 0 Å². The number of Topliss-reactive ketones (excluding diaryl/α,β-unsaturated/α-hetero) is 1. The number of rotatable bonds is 6. The third-order valence-corrected chi connectivity index (χ3v) is 6.60. The second-order valence-corrected chi connectivity index (χ2v) is 8.90. The number of aliphatic hydroxyl groups is 1. The molecule has 1 unspecified atom stereocenters. The molecule has 1 saturated heterocycles. The van der Waals surface area contributed by atoms with E-state index in [9.17, 15) is 19.8 Å². The number of phenols is 1. The Morgan fingerprint density at radius 3 is 2.50 bits per heavy atom. The molecule has 186 valence electrons. The molecule has 1 aliphatic heterocycles. The fourth-order valence-corrected chi connectivity index (χ4v) is 4.58. The van der Waals surface area contributed by atoms with Gasteiger partial charge in [0, 0.05) is 15.7 Å². The molecule has 4 rings (SSSR count). The van der Waals surface area contributed by atoms with Crippen LogP contribution in [0.3, 0.4) is 0 Å². The van der Waals surface area contributed by atoms with Crippen LogP contribution in [0.5, 0.6) is 17.2 Å². The summed E-state index contributed by atoms with van der Waals surface area (Å²) in [6.07, 6.45) is 0. The van der Waals surface area contributed by atoms with E-state index in [0.29, 0.717) is 26.9 Å². The second kappa shape index (κ2) is 10.1. The molecule has 0 aliphatic carbocycles.